The summed E-state index contributed by atoms with van der Waals surface area (Å²) in [5, 5.41) is 14.4. The smallest absolute Gasteiger partial charge is 0.101 e. The molecule has 0 aromatic carbocycles. The fourth-order valence-corrected chi connectivity index (χ4v) is 1.60. The van der Waals surface area contributed by atoms with E-state index in [1.165, 1.54) is 0 Å². The van der Waals surface area contributed by atoms with Crippen LogP contribution in [0.25, 0.3) is 0 Å². The summed E-state index contributed by atoms with van der Waals surface area (Å²) in [4.78, 5) is 0. The molecule has 0 spiro atoms. The molecular formula is C10H15ClN2O. The predicted molar refractivity (Wildman–Crippen MR) is 57.4 cm³/mol. The lowest BCUT2D eigenvalue weighted by Crippen LogP contribution is -2.11. The Labute approximate surface area is 89.0 Å². The standard InChI is InChI=1S/C10H15ClN2O/c1-4-5-9(14)10-8(11)6-12-13(10)7(2)3/h4,6-7,9,14H,1,5H2,2-3H3. The van der Waals surface area contributed by atoms with Crippen LogP contribution in [-0.2, 0) is 0 Å². The third-order valence-corrected chi connectivity index (χ3v) is 2.27. The summed E-state index contributed by atoms with van der Waals surface area (Å²) in [6.45, 7) is 7.57. The van der Waals surface area contributed by atoms with Gasteiger partial charge in [0.1, 0.15) is 6.10 Å². The van der Waals surface area contributed by atoms with Crippen molar-refractivity contribution in [3.05, 3.63) is 29.6 Å². The van der Waals surface area contributed by atoms with Gasteiger partial charge in [-0.2, -0.15) is 5.10 Å². The van der Waals surface area contributed by atoms with Crippen LogP contribution in [0.4, 0.5) is 0 Å². The molecular weight excluding hydrogens is 200 g/mol. The minimum atomic E-state index is -0.620. The lowest BCUT2D eigenvalue weighted by atomic mass is 10.2. The Bertz CT molecular complexity index is 320. The summed E-state index contributed by atoms with van der Waals surface area (Å²) in [6, 6.07) is 0.192. The van der Waals surface area contributed by atoms with Crippen molar-refractivity contribution in [3.63, 3.8) is 0 Å². The summed E-state index contributed by atoms with van der Waals surface area (Å²) >= 11 is 5.94. The van der Waals surface area contributed by atoms with Crippen LogP contribution < -0.4 is 0 Å². The summed E-state index contributed by atoms with van der Waals surface area (Å²) in [7, 11) is 0. The summed E-state index contributed by atoms with van der Waals surface area (Å²) in [5.74, 6) is 0. The number of hydrogen-bond acceptors (Lipinski definition) is 2. The van der Waals surface area contributed by atoms with E-state index in [1.54, 1.807) is 17.0 Å². The SMILES string of the molecule is C=CCC(O)c1c(Cl)cnn1C(C)C. The van der Waals surface area contributed by atoms with E-state index in [0.29, 0.717) is 17.1 Å². The molecule has 0 aliphatic carbocycles. The van der Waals surface area contributed by atoms with Crippen LogP contribution in [0, 0.1) is 0 Å². The molecule has 1 N–H and O–H groups in total. The van der Waals surface area contributed by atoms with E-state index < -0.39 is 6.10 Å². The maximum atomic E-state index is 9.80. The molecule has 4 heteroatoms. The largest absolute Gasteiger partial charge is 0.386 e. The van der Waals surface area contributed by atoms with Gasteiger partial charge in [0.05, 0.1) is 16.9 Å². The minimum Gasteiger partial charge on any atom is -0.386 e. The first-order valence-corrected chi connectivity index (χ1v) is 4.97. The highest BCUT2D eigenvalue weighted by Gasteiger charge is 2.18. The lowest BCUT2D eigenvalue weighted by molar-refractivity contribution is 0.168. The zero-order valence-electron chi connectivity index (χ0n) is 8.44. The van der Waals surface area contributed by atoms with Gasteiger partial charge in [-0.05, 0) is 20.3 Å². The van der Waals surface area contributed by atoms with Gasteiger partial charge >= 0.3 is 0 Å². The lowest BCUT2D eigenvalue weighted by Gasteiger charge is -2.15. The zero-order valence-corrected chi connectivity index (χ0v) is 9.20. The first-order valence-electron chi connectivity index (χ1n) is 4.59. The highest BCUT2D eigenvalue weighted by molar-refractivity contribution is 6.31. The van der Waals surface area contributed by atoms with Crippen molar-refractivity contribution in [3.8, 4) is 0 Å². The van der Waals surface area contributed by atoms with E-state index in [4.69, 9.17) is 11.6 Å². The molecule has 0 bridgehead atoms. The molecule has 1 aromatic rings. The van der Waals surface area contributed by atoms with E-state index in [2.05, 4.69) is 11.7 Å². The number of nitrogens with zero attached hydrogens (tertiary/aromatic N) is 2. The maximum absolute atomic E-state index is 9.80. The first kappa shape index (κ1) is 11.3. The van der Waals surface area contributed by atoms with Crippen LogP contribution in [0.2, 0.25) is 5.02 Å². The molecule has 0 radical (unpaired) electrons. The Morgan fingerprint density at radius 1 is 1.71 bits per heavy atom. The molecule has 0 saturated carbocycles. The molecule has 1 aromatic heterocycles. The molecule has 3 nitrogen and oxygen atoms in total. The van der Waals surface area contributed by atoms with Gasteiger partial charge in [0.25, 0.3) is 0 Å². The van der Waals surface area contributed by atoms with Crippen LogP contribution >= 0.6 is 11.6 Å². The van der Waals surface area contributed by atoms with Gasteiger partial charge < -0.3 is 5.11 Å². The van der Waals surface area contributed by atoms with E-state index in [1.807, 2.05) is 13.8 Å². The topological polar surface area (TPSA) is 38.1 Å². The number of halogens is 1. The third-order valence-electron chi connectivity index (χ3n) is 1.98. The summed E-state index contributed by atoms with van der Waals surface area (Å²) < 4.78 is 1.73. The minimum absolute atomic E-state index is 0.192. The number of aliphatic hydroxyl groups is 1. The fraction of sp³-hybridized carbons (Fsp3) is 0.500. The molecule has 0 amide bonds. The van der Waals surface area contributed by atoms with Crippen LogP contribution in [0.3, 0.4) is 0 Å². The molecule has 1 rings (SSSR count). The maximum Gasteiger partial charge on any atom is 0.101 e. The van der Waals surface area contributed by atoms with Gasteiger partial charge in [-0.15, -0.1) is 6.58 Å². The highest BCUT2D eigenvalue weighted by Crippen LogP contribution is 2.27. The van der Waals surface area contributed by atoms with E-state index in [-0.39, 0.29) is 6.04 Å². The van der Waals surface area contributed by atoms with Gasteiger partial charge in [0.15, 0.2) is 0 Å². The Morgan fingerprint density at radius 3 is 2.86 bits per heavy atom. The van der Waals surface area contributed by atoms with Gasteiger partial charge in [0, 0.05) is 6.04 Å². The Balaban J connectivity index is 3.03. The van der Waals surface area contributed by atoms with E-state index in [9.17, 15) is 5.11 Å². The highest BCUT2D eigenvalue weighted by atomic mass is 35.5. The van der Waals surface area contributed by atoms with Crippen molar-refractivity contribution in [2.24, 2.45) is 0 Å². The Hall–Kier alpha value is -0.800. The van der Waals surface area contributed by atoms with Crippen molar-refractivity contribution in [1.82, 2.24) is 9.78 Å². The van der Waals surface area contributed by atoms with Gasteiger partial charge in [0.2, 0.25) is 0 Å². The van der Waals surface area contributed by atoms with E-state index >= 15 is 0 Å². The van der Waals surface area contributed by atoms with Gasteiger partial charge in [-0.1, -0.05) is 17.7 Å². The number of rotatable bonds is 4. The Kier molecular flexibility index (Phi) is 3.72. The van der Waals surface area contributed by atoms with Crippen molar-refractivity contribution in [1.29, 1.82) is 0 Å². The van der Waals surface area contributed by atoms with Crippen LogP contribution in [0.5, 0.6) is 0 Å². The van der Waals surface area contributed by atoms with Gasteiger partial charge in [-0.3, -0.25) is 4.68 Å². The second-order valence-corrected chi connectivity index (χ2v) is 3.86. The van der Waals surface area contributed by atoms with Gasteiger partial charge in [-0.25, -0.2) is 0 Å². The molecule has 1 atom stereocenters. The summed E-state index contributed by atoms with van der Waals surface area (Å²) in [5.41, 5.74) is 0.668. The molecule has 0 saturated heterocycles. The quantitative estimate of drug-likeness (QED) is 0.783. The Morgan fingerprint density at radius 2 is 2.36 bits per heavy atom. The van der Waals surface area contributed by atoms with Crippen LogP contribution in [-0.4, -0.2) is 14.9 Å². The van der Waals surface area contributed by atoms with Crippen molar-refractivity contribution in [2.45, 2.75) is 32.4 Å². The number of aromatic nitrogens is 2. The van der Waals surface area contributed by atoms with E-state index in [0.717, 1.165) is 0 Å². The molecule has 14 heavy (non-hydrogen) atoms. The second-order valence-electron chi connectivity index (χ2n) is 3.46. The van der Waals surface area contributed by atoms with Crippen molar-refractivity contribution in [2.75, 3.05) is 0 Å². The average Bonchev–Trinajstić information content (AvgIpc) is 2.47. The third kappa shape index (κ3) is 2.16. The second kappa shape index (κ2) is 4.62. The molecule has 78 valence electrons. The molecule has 1 unspecified atom stereocenters. The molecule has 0 aliphatic rings. The molecule has 0 fully saturated rings. The summed E-state index contributed by atoms with van der Waals surface area (Å²) in [6.07, 6.45) is 3.09. The first-order chi connectivity index (χ1) is 6.57. The van der Waals surface area contributed by atoms with Crippen molar-refractivity contribution >= 4 is 11.6 Å². The zero-order chi connectivity index (χ0) is 10.7. The number of aliphatic hydroxyl groups excluding tert-OH is 1. The average molecular weight is 215 g/mol. The fourth-order valence-electron chi connectivity index (χ4n) is 1.34. The van der Waals surface area contributed by atoms with Crippen LogP contribution in [0.1, 0.15) is 38.1 Å². The van der Waals surface area contributed by atoms with Crippen molar-refractivity contribution < 1.29 is 5.11 Å². The number of hydrogen-bond donors (Lipinski definition) is 1. The normalized spacial score (nSPS) is 13.2. The predicted octanol–water partition coefficient (Wildman–Crippen LogP) is 2.73. The molecule has 0 aliphatic heterocycles. The molecule has 1 heterocycles. The van der Waals surface area contributed by atoms with Crippen LogP contribution in [0.15, 0.2) is 18.9 Å². The monoisotopic (exact) mass is 214 g/mol.